The number of nitrogen functional groups attached to an aromatic ring is 1. The molecule has 10 heteroatoms. The number of nitriles is 1. The summed E-state index contributed by atoms with van der Waals surface area (Å²) in [6.07, 6.45) is 0.331. The van der Waals surface area contributed by atoms with Gasteiger partial charge in [0.15, 0.2) is 0 Å². The van der Waals surface area contributed by atoms with Crippen LogP contribution in [0.3, 0.4) is 0 Å². The number of hydrogen-bond donors (Lipinski definition) is 3. The highest BCUT2D eigenvalue weighted by atomic mass is 32.1. The van der Waals surface area contributed by atoms with E-state index in [4.69, 9.17) is 16.2 Å². The Morgan fingerprint density at radius 3 is 2.62 bits per heavy atom. The van der Waals surface area contributed by atoms with Crippen LogP contribution >= 0.6 is 22.7 Å². The second-order valence-corrected chi connectivity index (χ2v) is 9.27. The third-order valence-electron chi connectivity index (χ3n) is 5.14. The molecule has 0 unspecified atom stereocenters. The molecule has 3 aromatic heterocycles. The number of nitrogens with zero attached hydrogens (tertiary/aromatic N) is 2. The lowest BCUT2D eigenvalue weighted by atomic mass is 10.0. The van der Waals surface area contributed by atoms with E-state index >= 15 is 0 Å². The van der Waals surface area contributed by atoms with Crippen molar-refractivity contribution in [2.45, 2.75) is 19.4 Å². The van der Waals surface area contributed by atoms with Crippen LogP contribution < -0.4 is 16.8 Å². The second-order valence-electron chi connectivity index (χ2n) is 7.33. The maximum atomic E-state index is 12.8. The van der Waals surface area contributed by atoms with Gasteiger partial charge in [0.05, 0.1) is 12.3 Å². The summed E-state index contributed by atoms with van der Waals surface area (Å²) in [7, 11) is 0. The smallest absolute Gasteiger partial charge is 0.328 e. The van der Waals surface area contributed by atoms with E-state index in [0.29, 0.717) is 22.2 Å². The Labute approximate surface area is 203 Å². The Balaban J connectivity index is 1.89. The molecule has 4 rings (SSSR count). The Bertz CT molecular complexity index is 1390. The van der Waals surface area contributed by atoms with Crippen molar-refractivity contribution in [2.75, 3.05) is 17.7 Å². The number of ether oxygens (including phenoxy) is 1. The number of anilines is 2. The normalized spacial score (nSPS) is 11.6. The number of benzene rings is 1. The second kappa shape index (κ2) is 9.91. The zero-order valence-electron chi connectivity index (χ0n) is 18.2. The van der Waals surface area contributed by atoms with E-state index in [0.717, 1.165) is 21.8 Å². The molecule has 1 atom stereocenters. The van der Waals surface area contributed by atoms with Crippen molar-refractivity contribution in [1.29, 1.82) is 5.26 Å². The van der Waals surface area contributed by atoms with Crippen molar-refractivity contribution >= 4 is 56.3 Å². The molecule has 0 aliphatic rings. The number of carbonyl (C=O) groups is 2. The first-order valence-corrected chi connectivity index (χ1v) is 12.1. The van der Waals surface area contributed by atoms with E-state index in [-0.39, 0.29) is 28.6 Å². The van der Waals surface area contributed by atoms with Crippen LogP contribution in [0.2, 0.25) is 0 Å². The summed E-state index contributed by atoms with van der Waals surface area (Å²) < 4.78 is 5.28. The Kier molecular flexibility index (Phi) is 6.77. The first kappa shape index (κ1) is 23.2. The molecule has 0 spiro atoms. The largest absolute Gasteiger partial charge is 0.464 e. The fourth-order valence-corrected chi connectivity index (χ4v) is 5.41. The molecule has 4 aromatic rings. The average Bonchev–Trinajstić information content (AvgIpc) is 3.47. The number of amides is 1. The number of primary amides is 1. The topological polar surface area (TPSA) is 144 Å². The van der Waals surface area contributed by atoms with Gasteiger partial charge in [0.1, 0.15) is 33.2 Å². The molecule has 1 amide bonds. The van der Waals surface area contributed by atoms with E-state index in [9.17, 15) is 14.9 Å². The molecule has 3 heterocycles. The van der Waals surface area contributed by atoms with E-state index in [1.807, 2.05) is 47.8 Å². The summed E-state index contributed by atoms with van der Waals surface area (Å²) in [6, 6.07) is 14.6. The molecule has 1 aromatic carbocycles. The number of esters is 1. The molecule has 0 saturated carbocycles. The van der Waals surface area contributed by atoms with Crippen LogP contribution in [0, 0.1) is 11.3 Å². The minimum atomic E-state index is -0.788. The highest BCUT2D eigenvalue weighted by Crippen LogP contribution is 2.44. The van der Waals surface area contributed by atoms with Crippen LogP contribution in [0.5, 0.6) is 0 Å². The lowest BCUT2D eigenvalue weighted by Gasteiger charge is -2.20. The van der Waals surface area contributed by atoms with E-state index in [1.165, 1.54) is 11.3 Å². The quantitative estimate of drug-likeness (QED) is 0.314. The SMILES string of the molecule is CCOC(=O)[C@H](Cc1ccccc1)Nc1nc2sc(C(N)=O)c(N)c2c(-c2cccs2)c1C#N. The van der Waals surface area contributed by atoms with Crippen LogP contribution in [-0.2, 0) is 16.0 Å². The minimum Gasteiger partial charge on any atom is -0.464 e. The Hall–Kier alpha value is -3.94. The van der Waals surface area contributed by atoms with Crippen molar-refractivity contribution < 1.29 is 14.3 Å². The van der Waals surface area contributed by atoms with E-state index < -0.39 is 17.9 Å². The molecule has 5 N–H and O–H groups in total. The first-order valence-electron chi connectivity index (χ1n) is 10.4. The van der Waals surface area contributed by atoms with Crippen LogP contribution in [0.4, 0.5) is 11.5 Å². The summed E-state index contributed by atoms with van der Waals surface area (Å²) in [6.45, 7) is 1.95. The molecule has 0 fully saturated rings. The molecule has 8 nitrogen and oxygen atoms in total. The maximum Gasteiger partial charge on any atom is 0.328 e. The lowest BCUT2D eigenvalue weighted by Crippen LogP contribution is -2.34. The van der Waals surface area contributed by atoms with Gasteiger partial charge in [-0.25, -0.2) is 9.78 Å². The predicted octanol–water partition coefficient (Wildman–Crippen LogP) is 4.16. The molecule has 0 aliphatic carbocycles. The van der Waals surface area contributed by atoms with Gasteiger partial charge in [0, 0.05) is 22.2 Å². The van der Waals surface area contributed by atoms with E-state index in [1.54, 1.807) is 6.92 Å². The number of aromatic nitrogens is 1. The zero-order valence-corrected chi connectivity index (χ0v) is 19.8. The third kappa shape index (κ3) is 4.44. The van der Waals surface area contributed by atoms with Gasteiger partial charge < -0.3 is 21.5 Å². The van der Waals surface area contributed by atoms with Gasteiger partial charge in [0.25, 0.3) is 5.91 Å². The summed E-state index contributed by atoms with van der Waals surface area (Å²) >= 11 is 2.48. The van der Waals surface area contributed by atoms with E-state index in [2.05, 4.69) is 16.4 Å². The van der Waals surface area contributed by atoms with Crippen LogP contribution in [0.15, 0.2) is 47.8 Å². The zero-order chi connectivity index (χ0) is 24.2. The summed E-state index contributed by atoms with van der Waals surface area (Å²) in [5, 5.41) is 15.6. The molecule has 0 saturated heterocycles. The van der Waals surface area contributed by atoms with Crippen molar-refractivity contribution in [3.05, 3.63) is 63.8 Å². The summed E-state index contributed by atoms with van der Waals surface area (Å²) in [4.78, 5) is 30.8. The number of thiophene rings is 2. The Morgan fingerprint density at radius 2 is 2.00 bits per heavy atom. The average molecular weight is 492 g/mol. The number of nitrogens with one attached hydrogen (secondary N) is 1. The van der Waals surface area contributed by atoms with Crippen LogP contribution in [0.25, 0.3) is 20.7 Å². The van der Waals surface area contributed by atoms with Gasteiger partial charge in [0.2, 0.25) is 0 Å². The van der Waals surface area contributed by atoms with Crippen LogP contribution in [0.1, 0.15) is 27.7 Å². The summed E-state index contributed by atoms with van der Waals surface area (Å²) in [5.41, 5.74) is 13.7. The van der Waals surface area contributed by atoms with Crippen molar-refractivity contribution in [3.63, 3.8) is 0 Å². The lowest BCUT2D eigenvalue weighted by molar-refractivity contribution is -0.144. The first-order chi connectivity index (χ1) is 16.4. The van der Waals surface area contributed by atoms with Crippen LogP contribution in [-0.4, -0.2) is 29.5 Å². The number of hydrogen-bond acceptors (Lipinski definition) is 9. The fraction of sp³-hybridized carbons (Fsp3) is 0.167. The van der Waals surface area contributed by atoms with Gasteiger partial charge in [-0.1, -0.05) is 36.4 Å². The third-order valence-corrected chi connectivity index (χ3v) is 7.15. The highest BCUT2D eigenvalue weighted by molar-refractivity contribution is 7.21. The number of rotatable bonds is 8. The molecule has 172 valence electrons. The predicted molar refractivity (Wildman–Crippen MR) is 135 cm³/mol. The Morgan fingerprint density at radius 1 is 1.24 bits per heavy atom. The van der Waals surface area contributed by atoms with Crippen molar-refractivity contribution in [2.24, 2.45) is 5.73 Å². The van der Waals surface area contributed by atoms with Gasteiger partial charge in [-0.05, 0) is 23.9 Å². The van der Waals surface area contributed by atoms with Gasteiger partial charge in [-0.2, -0.15) is 5.26 Å². The fourth-order valence-electron chi connectivity index (χ4n) is 3.67. The molecule has 0 aliphatic heterocycles. The number of carbonyl (C=O) groups excluding carboxylic acids is 2. The molecular formula is C24H21N5O3S2. The number of pyridine rings is 1. The minimum absolute atomic E-state index is 0.174. The standard InChI is InChI=1S/C24H21N5O3S2/c1-2-32-24(31)15(11-13-7-4-3-5-8-13)28-22-14(12-25)17(16-9-6-10-33-16)18-19(26)20(21(27)30)34-23(18)29-22/h3-10,15H,2,11,26H2,1H3,(H2,27,30)(H,28,29)/t15-/m0/s1. The monoisotopic (exact) mass is 491 g/mol. The number of fused-ring (bicyclic) bond motifs is 1. The molecule has 0 radical (unpaired) electrons. The summed E-state index contributed by atoms with van der Waals surface area (Å²) in [5.74, 6) is -0.915. The highest BCUT2D eigenvalue weighted by Gasteiger charge is 2.28. The maximum absolute atomic E-state index is 12.8. The molecular weight excluding hydrogens is 470 g/mol. The van der Waals surface area contributed by atoms with Gasteiger partial charge >= 0.3 is 5.97 Å². The molecule has 0 bridgehead atoms. The van der Waals surface area contributed by atoms with Crippen molar-refractivity contribution in [1.82, 2.24) is 4.98 Å². The molecule has 34 heavy (non-hydrogen) atoms. The van der Waals surface area contributed by atoms with Gasteiger partial charge in [-0.15, -0.1) is 22.7 Å². The van der Waals surface area contributed by atoms with Crippen molar-refractivity contribution in [3.8, 4) is 16.5 Å². The van der Waals surface area contributed by atoms with Gasteiger partial charge in [-0.3, -0.25) is 4.79 Å². The number of nitrogens with two attached hydrogens (primary N) is 2.